The van der Waals surface area contributed by atoms with Gasteiger partial charge in [0.1, 0.15) is 12.2 Å². The van der Waals surface area contributed by atoms with E-state index in [0.717, 1.165) is 24.2 Å². The largest absolute Gasteiger partial charge is 0.354 e. The summed E-state index contributed by atoms with van der Waals surface area (Å²) in [6, 6.07) is 40.4. The van der Waals surface area contributed by atoms with Crippen LogP contribution in [0.5, 0.6) is 0 Å². The van der Waals surface area contributed by atoms with Crippen LogP contribution in [-0.4, -0.2) is 85.3 Å². The minimum absolute atomic E-state index is 0.177. The fourth-order valence-corrected chi connectivity index (χ4v) is 7.95. The molecule has 10 heteroatoms. The molecule has 0 spiro atoms. The smallest absolute Gasteiger partial charge is 0.252 e. The maximum atomic E-state index is 13.5. The van der Waals surface area contributed by atoms with Gasteiger partial charge in [-0.25, -0.2) is 0 Å². The van der Waals surface area contributed by atoms with Crippen molar-refractivity contribution in [1.82, 2.24) is 20.4 Å². The lowest BCUT2D eigenvalue weighted by atomic mass is 10.0. The van der Waals surface area contributed by atoms with Gasteiger partial charge in [0.2, 0.25) is 11.6 Å². The van der Waals surface area contributed by atoms with Crippen LogP contribution >= 0.6 is 0 Å². The molecule has 0 aliphatic carbocycles. The summed E-state index contributed by atoms with van der Waals surface area (Å²) in [5, 5.41) is 6.13. The number of carbonyl (C=O) groups excluding carboxylic acids is 2. The second kappa shape index (κ2) is 15.3. The van der Waals surface area contributed by atoms with Crippen molar-refractivity contribution in [2.75, 3.05) is 39.3 Å². The predicted octanol–water partition coefficient (Wildman–Crippen LogP) is 4.30. The van der Waals surface area contributed by atoms with Crippen molar-refractivity contribution in [3.8, 4) is 0 Å². The number of ether oxygens (including phenoxy) is 4. The molecule has 0 aromatic heterocycles. The number of nitrogens with one attached hydrogen (secondary N) is 2. The number of nitrogens with zero attached hydrogens (tertiary/aromatic N) is 2. The van der Waals surface area contributed by atoms with Gasteiger partial charge >= 0.3 is 0 Å². The lowest BCUT2D eigenvalue weighted by Crippen LogP contribution is -2.50. The molecule has 6 unspecified atom stereocenters. The molecular weight excluding hydrogens is 656 g/mol. The van der Waals surface area contributed by atoms with Crippen LogP contribution in [0.25, 0.3) is 0 Å². The Morgan fingerprint density at radius 3 is 1.29 bits per heavy atom. The average molecular weight is 703 g/mol. The Balaban J connectivity index is 0.832. The molecule has 6 atom stereocenters. The molecule has 8 rings (SSSR count). The summed E-state index contributed by atoms with van der Waals surface area (Å²) in [6.45, 7) is 4.66. The average Bonchev–Trinajstić information content (AvgIpc) is 3.63. The SMILES string of the molecule is O=C(NCCCCNC(=O)C1OC2(c3ccccc3)CN(Cc3ccccc3)CC1O2)C1OC2(c3ccccc3)CN(Cc3ccccc3)CC1O2. The van der Waals surface area contributed by atoms with Crippen LogP contribution in [0.4, 0.5) is 0 Å². The van der Waals surface area contributed by atoms with Gasteiger partial charge in [-0.3, -0.25) is 19.4 Å². The molecule has 4 saturated heterocycles. The predicted molar refractivity (Wildman–Crippen MR) is 194 cm³/mol. The number of rotatable bonds is 13. The summed E-state index contributed by atoms with van der Waals surface area (Å²) in [6.07, 6.45) is -0.853. The van der Waals surface area contributed by atoms with Crippen LogP contribution in [0.3, 0.4) is 0 Å². The Kier molecular flexibility index (Phi) is 10.2. The summed E-state index contributed by atoms with van der Waals surface area (Å²) < 4.78 is 26.0. The number of hydrogen-bond acceptors (Lipinski definition) is 8. The molecule has 4 fully saturated rings. The standard InChI is InChI=1S/C42H46N4O6/c47-39(37-35-27-45(25-31-15-5-1-6-16-31)29-41(49-35,51-37)33-19-9-3-10-20-33)43-23-13-14-24-44-40(48)38-36-28-46(26-32-17-7-2-8-18-32)30-42(50-36,52-38)34-21-11-4-12-22-34/h1-12,15-22,35-38H,13-14,23-30H2,(H,43,47)(H,44,48). The third kappa shape index (κ3) is 7.41. The first kappa shape index (κ1) is 34.7. The number of fused-ring (bicyclic) bond motifs is 4. The highest BCUT2D eigenvalue weighted by atomic mass is 16.8. The van der Waals surface area contributed by atoms with Gasteiger partial charge in [-0.05, 0) is 24.0 Å². The van der Waals surface area contributed by atoms with Crippen LogP contribution < -0.4 is 10.6 Å². The number of hydrogen-bond donors (Lipinski definition) is 2. The zero-order chi connectivity index (χ0) is 35.4. The fourth-order valence-electron chi connectivity index (χ4n) is 7.95. The first-order valence-electron chi connectivity index (χ1n) is 18.4. The first-order chi connectivity index (χ1) is 25.5. The van der Waals surface area contributed by atoms with Crippen molar-refractivity contribution < 1.29 is 28.5 Å². The molecule has 270 valence electrons. The molecule has 4 bridgehead atoms. The van der Waals surface area contributed by atoms with E-state index >= 15 is 0 Å². The Hall–Kier alpha value is -4.42. The zero-order valence-corrected chi connectivity index (χ0v) is 29.3. The van der Waals surface area contributed by atoms with E-state index in [-0.39, 0.29) is 11.8 Å². The van der Waals surface area contributed by atoms with E-state index in [9.17, 15) is 9.59 Å². The van der Waals surface area contributed by atoms with Crippen molar-refractivity contribution in [2.45, 2.75) is 61.9 Å². The van der Waals surface area contributed by atoms with E-state index in [4.69, 9.17) is 18.9 Å². The molecule has 4 aromatic rings. The van der Waals surface area contributed by atoms with Gasteiger partial charge in [-0.1, -0.05) is 121 Å². The van der Waals surface area contributed by atoms with E-state index in [1.165, 1.54) is 11.1 Å². The second-order valence-electron chi connectivity index (χ2n) is 14.2. The van der Waals surface area contributed by atoms with Crippen LogP contribution in [0.1, 0.15) is 35.1 Å². The van der Waals surface area contributed by atoms with Gasteiger partial charge in [0.15, 0.2) is 12.2 Å². The third-order valence-corrected chi connectivity index (χ3v) is 10.4. The topological polar surface area (TPSA) is 102 Å². The van der Waals surface area contributed by atoms with E-state index < -0.39 is 36.0 Å². The number of amides is 2. The van der Waals surface area contributed by atoms with Crippen molar-refractivity contribution in [3.63, 3.8) is 0 Å². The Morgan fingerprint density at radius 1 is 0.538 bits per heavy atom. The van der Waals surface area contributed by atoms with Crippen molar-refractivity contribution in [1.29, 1.82) is 0 Å². The molecule has 4 aliphatic heterocycles. The summed E-state index contributed by atoms with van der Waals surface area (Å²) in [4.78, 5) is 31.6. The molecular formula is C42H46N4O6. The quantitative estimate of drug-likeness (QED) is 0.199. The molecule has 2 amide bonds. The molecule has 4 aliphatic rings. The van der Waals surface area contributed by atoms with Crippen molar-refractivity contribution in [3.05, 3.63) is 144 Å². The highest BCUT2D eigenvalue weighted by Crippen LogP contribution is 2.44. The summed E-state index contributed by atoms with van der Waals surface area (Å²) in [5.74, 6) is -2.37. The molecule has 2 N–H and O–H groups in total. The zero-order valence-electron chi connectivity index (χ0n) is 29.3. The van der Waals surface area contributed by atoms with Gasteiger partial charge in [-0.15, -0.1) is 0 Å². The monoisotopic (exact) mass is 702 g/mol. The normalized spacial score (nSPS) is 28.4. The number of benzene rings is 4. The van der Waals surface area contributed by atoms with Gasteiger partial charge in [0, 0.05) is 50.4 Å². The minimum atomic E-state index is -1.01. The molecule has 52 heavy (non-hydrogen) atoms. The summed E-state index contributed by atoms with van der Waals surface area (Å²) in [7, 11) is 0. The highest BCUT2D eigenvalue weighted by Gasteiger charge is 2.57. The lowest BCUT2D eigenvalue weighted by molar-refractivity contribution is -0.218. The number of carbonyl (C=O) groups is 2. The maximum Gasteiger partial charge on any atom is 0.252 e. The molecule has 0 saturated carbocycles. The Bertz CT molecular complexity index is 1670. The highest BCUT2D eigenvalue weighted by molar-refractivity contribution is 5.82. The van der Waals surface area contributed by atoms with Gasteiger partial charge in [-0.2, -0.15) is 0 Å². The second-order valence-corrected chi connectivity index (χ2v) is 14.2. The molecule has 4 heterocycles. The number of unbranched alkanes of at least 4 members (excludes halogenated alkanes) is 1. The molecule has 4 aromatic carbocycles. The van der Waals surface area contributed by atoms with Crippen LogP contribution in [0, 0.1) is 0 Å². The van der Waals surface area contributed by atoms with Crippen LogP contribution in [0.2, 0.25) is 0 Å². The van der Waals surface area contributed by atoms with Gasteiger partial charge in [0.25, 0.3) is 11.8 Å². The first-order valence-corrected chi connectivity index (χ1v) is 18.4. The fraction of sp³-hybridized carbons (Fsp3) is 0.381. The molecule has 0 radical (unpaired) electrons. The summed E-state index contributed by atoms with van der Waals surface area (Å²) >= 11 is 0. The van der Waals surface area contributed by atoms with Crippen LogP contribution in [0.15, 0.2) is 121 Å². The van der Waals surface area contributed by atoms with Gasteiger partial charge < -0.3 is 29.6 Å². The lowest BCUT2D eigenvalue weighted by Gasteiger charge is -2.38. The van der Waals surface area contributed by atoms with Crippen molar-refractivity contribution >= 4 is 11.8 Å². The third-order valence-electron chi connectivity index (χ3n) is 10.4. The van der Waals surface area contributed by atoms with Crippen molar-refractivity contribution in [2.24, 2.45) is 0 Å². The van der Waals surface area contributed by atoms with Gasteiger partial charge in [0.05, 0.1) is 13.1 Å². The Morgan fingerprint density at radius 2 is 0.904 bits per heavy atom. The molecule has 10 nitrogen and oxygen atoms in total. The minimum Gasteiger partial charge on any atom is -0.354 e. The van der Waals surface area contributed by atoms with E-state index in [2.05, 4.69) is 44.7 Å². The number of morpholine rings is 2. The van der Waals surface area contributed by atoms with E-state index in [0.29, 0.717) is 52.1 Å². The maximum absolute atomic E-state index is 13.5. The van der Waals surface area contributed by atoms with E-state index in [1.54, 1.807) is 0 Å². The summed E-state index contributed by atoms with van der Waals surface area (Å²) in [5.41, 5.74) is 4.22. The van der Waals surface area contributed by atoms with Crippen LogP contribution in [-0.2, 0) is 53.2 Å². The Labute approximate surface area is 305 Å². The van der Waals surface area contributed by atoms with E-state index in [1.807, 2.05) is 97.1 Å².